The van der Waals surface area contributed by atoms with Crippen molar-refractivity contribution in [1.29, 1.82) is 5.26 Å². The molecule has 0 fully saturated rings. The third-order valence-electron chi connectivity index (χ3n) is 2.89. The molecule has 0 aliphatic heterocycles. The van der Waals surface area contributed by atoms with Crippen LogP contribution in [0.3, 0.4) is 0 Å². The fraction of sp³-hybridized carbons (Fsp3) is 0.188. The number of ether oxygens (including phenoxy) is 2. The molecular formula is C16H13ClFNO2. The van der Waals surface area contributed by atoms with E-state index in [-0.39, 0.29) is 12.5 Å². The fourth-order valence-corrected chi connectivity index (χ4v) is 2.06. The largest absolute Gasteiger partial charge is 0.496 e. The summed E-state index contributed by atoms with van der Waals surface area (Å²) in [4.78, 5) is 0. The minimum Gasteiger partial charge on any atom is -0.496 e. The maximum Gasteiger partial charge on any atom is 0.127 e. The van der Waals surface area contributed by atoms with Gasteiger partial charge in [-0.1, -0.05) is 0 Å². The molecule has 0 spiro atoms. The number of nitriles is 1. The first-order valence-corrected chi connectivity index (χ1v) is 6.75. The standard InChI is InChI=1S/C16H13ClFNO2/c1-20-16-3-2-11(9-19)4-13(16)10-21-15-6-12(8-17)5-14(18)7-15/h2-7H,8,10H2,1H3. The summed E-state index contributed by atoms with van der Waals surface area (Å²) < 4.78 is 24.2. The SMILES string of the molecule is COc1ccc(C#N)cc1COc1cc(F)cc(CCl)c1. The number of rotatable bonds is 5. The second kappa shape index (κ2) is 6.96. The topological polar surface area (TPSA) is 42.2 Å². The van der Waals surface area contributed by atoms with Crippen LogP contribution in [-0.2, 0) is 12.5 Å². The first kappa shape index (κ1) is 15.1. The lowest BCUT2D eigenvalue weighted by Crippen LogP contribution is -2.00. The summed E-state index contributed by atoms with van der Waals surface area (Å²) in [6.45, 7) is 0.171. The van der Waals surface area contributed by atoms with Gasteiger partial charge >= 0.3 is 0 Å². The second-order valence-electron chi connectivity index (χ2n) is 4.36. The quantitative estimate of drug-likeness (QED) is 0.783. The Morgan fingerprint density at radius 3 is 2.71 bits per heavy atom. The first-order chi connectivity index (χ1) is 10.2. The van der Waals surface area contributed by atoms with Gasteiger partial charge in [-0.25, -0.2) is 4.39 Å². The van der Waals surface area contributed by atoms with Crippen LogP contribution in [0.15, 0.2) is 36.4 Å². The highest BCUT2D eigenvalue weighted by Crippen LogP contribution is 2.23. The van der Waals surface area contributed by atoms with Gasteiger partial charge in [0.25, 0.3) is 0 Å². The Labute approximate surface area is 127 Å². The Bertz CT molecular complexity index is 682. The monoisotopic (exact) mass is 305 g/mol. The Balaban J connectivity index is 2.20. The smallest absolute Gasteiger partial charge is 0.127 e. The minimum atomic E-state index is -0.402. The number of hydrogen-bond acceptors (Lipinski definition) is 3. The van der Waals surface area contributed by atoms with E-state index in [2.05, 4.69) is 6.07 Å². The van der Waals surface area contributed by atoms with Crippen LogP contribution in [0.2, 0.25) is 0 Å². The fourth-order valence-electron chi connectivity index (χ4n) is 1.90. The highest BCUT2D eigenvalue weighted by atomic mass is 35.5. The molecule has 0 aliphatic rings. The van der Waals surface area contributed by atoms with Gasteiger partial charge < -0.3 is 9.47 Å². The van der Waals surface area contributed by atoms with Crippen LogP contribution in [0.1, 0.15) is 16.7 Å². The lowest BCUT2D eigenvalue weighted by Gasteiger charge is -2.11. The van der Waals surface area contributed by atoms with Crippen LogP contribution in [0.25, 0.3) is 0 Å². The molecule has 2 rings (SSSR count). The maximum atomic E-state index is 13.4. The van der Waals surface area contributed by atoms with E-state index < -0.39 is 5.82 Å². The molecule has 0 aromatic heterocycles. The van der Waals surface area contributed by atoms with Crippen molar-refractivity contribution in [1.82, 2.24) is 0 Å². The molecule has 3 nitrogen and oxygen atoms in total. The number of benzene rings is 2. The third-order valence-corrected chi connectivity index (χ3v) is 3.20. The summed E-state index contributed by atoms with van der Waals surface area (Å²) in [6, 6.07) is 11.4. The second-order valence-corrected chi connectivity index (χ2v) is 4.62. The van der Waals surface area contributed by atoms with Gasteiger partial charge in [-0.3, -0.25) is 0 Å². The van der Waals surface area contributed by atoms with E-state index in [1.54, 1.807) is 31.4 Å². The molecule has 21 heavy (non-hydrogen) atoms. The number of nitrogens with zero attached hydrogens (tertiary/aromatic N) is 1. The summed E-state index contributed by atoms with van der Waals surface area (Å²) in [6.07, 6.45) is 0. The molecule has 2 aromatic carbocycles. The molecule has 108 valence electrons. The van der Waals surface area contributed by atoms with Gasteiger partial charge in [-0.15, -0.1) is 11.6 Å². The predicted molar refractivity (Wildman–Crippen MR) is 78.0 cm³/mol. The summed E-state index contributed by atoms with van der Waals surface area (Å²) in [5, 5.41) is 8.92. The molecule has 2 aromatic rings. The van der Waals surface area contributed by atoms with Gasteiger partial charge in [0.05, 0.1) is 18.7 Å². The minimum absolute atomic E-state index is 0.171. The van der Waals surface area contributed by atoms with Crippen molar-refractivity contribution in [3.8, 4) is 17.6 Å². The lowest BCUT2D eigenvalue weighted by atomic mass is 10.1. The van der Waals surface area contributed by atoms with Gasteiger partial charge in [0.15, 0.2) is 0 Å². The molecule has 0 saturated heterocycles. The molecule has 0 atom stereocenters. The van der Waals surface area contributed by atoms with Gasteiger partial charge in [0.1, 0.15) is 23.9 Å². The van der Waals surface area contributed by atoms with Crippen molar-refractivity contribution in [2.75, 3.05) is 7.11 Å². The Morgan fingerprint density at radius 1 is 1.24 bits per heavy atom. The van der Waals surface area contributed by atoms with Crippen LogP contribution < -0.4 is 9.47 Å². The molecule has 0 bridgehead atoms. The van der Waals surface area contributed by atoms with Crippen LogP contribution in [-0.4, -0.2) is 7.11 Å². The molecule has 0 saturated carbocycles. The van der Waals surface area contributed by atoms with E-state index in [0.717, 1.165) is 0 Å². The summed E-state index contributed by atoms with van der Waals surface area (Å²) in [5.74, 6) is 0.806. The van der Waals surface area contributed by atoms with Gasteiger partial charge in [0.2, 0.25) is 0 Å². The van der Waals surface area contributed by atoms with Crippen LogP contribution in [0, 0.1) is 17.1 Å². The zero-order chi connectivity index (χ0) is 15.2. The zero-order valence-corrected chi connectivity index (χ0v) is 12.2. The molecule has 0 unspecified atom stereocenters. The maximum absolute atomic E-state index is 13.4. The van der Waals surface area contributed by atoms with Crippen molar-refractivity contribution in [2.24, 2.45) is 0 Å². The normalized spacial score (nSPS) is 10.0. The lowest BCUT2D eigenvalue weighted by molar-refractivity contribution is 0.295. The highest BCUT2D eigenvalue weighted by molar-refractivity contribution is 6.17. The average molecular weight is 306 g/mol. The number of methoxy groups -OCH3 is 1. The van der Waals surface area contributed by atoms with E-state index >= 15 is 0 Å². The summed E-state index contributed by atoms with van der Waals surface area (Å²) in [5.41, 5.74) is 1.87. The van der Waals surface area contributed by atoms with E-state index in [1.165, 1.54) is 12.1 Å². The molecule has 0 N–H and O–H groups in total. The van der Waals surface area contributed by atoms with Gasteiger partial charge in [-0.05, 0) is 35.9 Å². The number of alkyl halides is 1. The molecule has 0 amide bonds. The van der Waals surface area contributed by atoms with E-state index in [9.17, 15) is 4.39 Å². The highest BCUT2D eigenvalue weighted by Gasteiger charge is 2.07. The van der Waals surface area contributed by atoms with E-state index in [4.69, 9.17) is 26.3 Å². The van der Waals surface area contributed by atoms with Crippen molar-refractivity contribution in [3.05, 3.63) is 58.9 Å². The molecular weight excluding hydrogens is 293 g/mol. The first-order valence-electron chi connectivity index (χ1n) is 6.21. The van der Waals surface area contributed by atoms with Crippen LogP contribution in [0.5, 0.6) is 11.5 Å². The van der Waals surface area contributed by atoms with Gasteiger partial charge in [0, 0.05) is 17.5 Å². The summed E-state index contributed by atoms with van der Waals surface area (Å²) in [7, 11) is 1.54. The van der Waals surface area contributed by atoms with E-state index in [0.29, 0.717) is 28.2 Å². The molecule has 0 aliphatic carbocycles. The number of hydrogen-bond donors (Lipinski definition) is 0. The Morgan fingerprint density at radius 2 is 2.05 bits per heavy atom. The molecule has 5 heteroatoms. The van der Waals surface area contributed by atoms with Crippen molar-refractivity contribution in [3.63, 3.8) is 0 Å². The third kappa shape index (κ3) is 3.87. The van der Waals surface area contributed by atoms with Crippen molar-refractivity contribution >= 4 is 11.6 Å². The Kier molecular flexibility index (Phi) is 5.02. The van der Waals surface area contributed by atoms with E-state index in [1.807, 2.05) is 0 Å². The summed E-state index contributed by atoms with van der Waals surface area (Å²) >= 11 is 5.70. The van der Waals surface area contributed by atoms with Gasteiger partial charge in [-0.2, -0.15) is 5.26 Å². The average Bonchev–Trinajstić information content (AvgIpc) is 2.51. The van der Waals surface area contributed by atoms with Crippen LogP contribution >= 0.6 is 11.6 Å². The van der Waals surface area contributed by atoms with Crippen molar-refractivity contribution in [2.45, 2.75) is 12.5 Å². The predicted octanol–water partition coefficient (Wildman–Crippen LogP) is 4.02. The van der Waals surface area contributed by atoms with Crippen LogP contribution in [0.4, 0.5) is 4.39 Å². The van der Waals surface area contributed by atoms with Crippen molar-refractivity contribution < 1.29 is 13.9 Å². The zero-order valence-electron chi connectivity index (χ0n) is 11.4. The molecule has 0 radical (unpaired) electrons. The Hall–Kier alpha value is -2.25. The molecule has 0 heterocycles. The number of halogens is 2.